The quantitative estimate of drug-likeness (QED) is 0.161. The standard InChI is InChI=1S/C27H48N2O2/c1-4-5-6-7-8-9-10-11-12-13-14-15-16-17-18-19-20-28-27(31)29-25-21-23(2)26(30)24(3)22-25/h21-22,30H,4-20H2,1-3H3,(H2,28,29,31). The van der Waals surface area contributed by atoms with E-state index in [1.165, 1.54) is 96.3 Å². The second kappa shape index (κ2) is 17.9. The molecule has 0 unspecified atom stereocenters. The van der Waals surface area contributed by atoms with Crippen molar-refractivity contribution in [3.63, 3.8) is 0 Å². The monoisotopic (exact) mass is 432 g/mol. The van der Waals surface area contributed by atoms with Crippen LogP contribution in [0.4, 0.5) is 10.5 Å². The zero-order valence-corrected chi connectivity index (χ0v) is 20.5. The number of aryl methyl sites for hydroxylation is 2. The van der Waals surface area contributed by atoms with Crippen LogP contribution in [0.15, 0.2) is 12.1 Å². The maximum absolute atomic E-state index is 12.0. The Hall–Kier alpha value is -1.71. The van der Waals surface area contributed by atoms with Crippen LogP contribution in [0.25, 0.3) is 0 Å². The predicted octanol–water partition coefficient (Wildman–Crippen LogP) is 8.39. The minimum atomic E-state index is -0.176. The molecule has 4 nitrogen and oxygen atoms in total. The van der Waals surface area contributed by atoms with Crippen molar-refractivity contribution in [2.45, 2.75) is 124 Å². The number of hydrogen-bond donors (Lipinski definition) is 3. The highest BCUT2D eigenvalue weighted by Crippen LogP contribution is 2.25. The second-order valence-corrected chi connectivity index (χ2v) is 9.14. The number of carbonyl (C=O) groups excluding carboxylic acids is 1. The lowest BCUT2D eigenvalue weighted by Crippen LogP contribution is -2.29. The molecule has 178 valence electrons. The zero-order valence-electron chi connectivity index (χ0n) is 20.5. The Morgan fingerprint density at radius 1 is 0.710 bits per heavy atom. The van der Waals surface area contributed by atoms with Crippen LogP contribution in [-0.2, 0) is 0 Å². The molecule has 1 rings (SSSR count). The van der Waals surface area contributed by atoms with Gasteiger partial charge in [-0.05, 0) is 43.5 Å². The SMILES string of the molecule is CCCCCCCCCCCCCCCCCCNC(=O)Nc1cc(C)c(O)c(C)c1. The van der Waals surface area contributed by atoms with Crippen molar-refractivity contribution in [2.24, 2.45) is 0 Å². The number of carbonyl (C=O) groups is 1. The molecule has 0 bridgehead atoms. The van der Waals surface area contributed by atoms with Crippen molar-refractivity contribution in [1.29, 1.82) is 0 Å². The zero-order chi connectivity index (χ0) is 22.7. The number of urea groups is 1. The third-order valence-electron chi connectivity index (χ3n) is 6.06. The van der Waals surface area contributed by atoms with Gasteiger partial charge in [0.1, 0.15) is 5.75 Å². The molecule has 2 amide bonds. The molecule has 0 aromatic heterocycles. The number of nitrogens with one attached hydrogen (secondary N) is 2. The third kappa shape index (κ3) is 14.1. The Bertz CT molecular complexity index is 578. The minimum Gasteiger partial charge on any atom is -0.507 e. The number of phenolic OH excluding ortho intramolecular Hbond substituents is 1. The molecule has 0 saturated heterocycles. The maximum atomic E-state index is 12.0. The van der Waals surface area contributed by atoms with Crippen LogP contribution in [-0.4, -0.2) is 17.7 Å². The average molecular weight is 433 g/mol. The van der Waals surface area contributed by atoms with E-state index in [0.29, 0.717) is 12.3 Å². The molecule has 1 aromatic rings. The first-order valence-electron chi connectivity index (χ1n) is 12.9. The molecule has 31 heavy (non-hydrogen) atoms. The highest BCUT2D eigenvalue weighted by Gasteiger charge is 2.06. The highest BCUT2D eigenvalue weighted by atomic mass is 16.3. The van der Waals surface area contributed by atoms with Gasteiger partial charge in [0.15, 0.2) is 0 Å². The van der Waals surface area contributed by atoms with Gasteiger partial charge in [-0.2, -0.15) is 0 Å². The lowest BCUT2D eigenvalue weighted by atomic mass is 10.0. The fourth-order valence-corrected chi connectivity index (χ4v) is 4.08. The number of amides is 2. The van der Waals surface area contributed by atoms with E-state index in [-0.39, 0.29) is 6.03 Å². The summed E-state index contributed by atoms with van der Waals surface area (Å²) in [6.45, 7) is 6.66. The molecule has 0 aliphatic rings. The van der Waals surface area contributed by atoms with Crippen molar-refractivity contribution in [1.82, 2.24) is 5.32 Å². The van der Waals surface area contributed by atoms with Gasteiger partial charge in [-0.3, -0.25) is 0 Å². The van der Waals surface area contributed by atoms with E-state index < -0.39 is 0 Å². The lowest BCUT2D eigenvalue weighted by Gasteiger charge is -2.10. The Balaban J connectivity index is 1.87. The average Bonchev–Trinajstić information content (AvgIpc) is 2.74. The normalized spacial score (nSPS) is 10.9. The summed E-state index contributed by atoms with van der Waals surface area (Å²) in [6.07, 6.45) is 21.7. The molecule has 0 aliphatic carbocycles. The van der Waals surface area contributed by atoms with Gasteiger partial charge in [-0.1, -0.05) is 103 Å². The number of hydrogen-bond acceptors (Lipinski definition) is 2. The van der Waals surface area contributed by atoms with E-state index >= 15 is 0 Å². The number of phenols is 1. The summed E-state index contributed by atoms with van der Waals surface area (Å²) in [5.41, 5.74) is 2.26. The van der Waals surface area contributed by atoms with Crippen LogP contribution < -0.4 is 10.6 Å². The first-order valence-corrected chi connectivity index (χ1v) is 12.9. The molecule has 0 aliphatic heterocycles. The summed E-state index contributed by atoms with van der Waals surface area (Å²) in [5, 5.41) is 15.6. The molecule has 1 aromatic carbocycles. The summed E-state index contributed by atoms with van der Waals surface area (Å²) in [7, 11) is 0. The lowest BCUT2D eigenvalue weighted by molar-refractivity contribution is 0.252. The van der Waals surface area contributed by atoms with E-state index in [9.17, 15) is 9.90 Å². The molecule has 0 atom stereocenters. The van der Waals surface area contributed by atoms with E-state index in [4.69, 9.17) is 0 Å². The minimum absolute atomic E-state index is 0.176. The molecule has 0 radical (unpaired) electrons. The second-order valence-electron chi connectivity index (χ2n) is 9.14. The van der Waals surface area contributed by atoms with Crippen molar-refractivity contribution >= 4 is 11.7 Å². The highest BCUT2D eigenvalue weighted by molar-refractivity contribution is 5.89. The van der Waals surface area contributed by atoms with E-state index in [2.05, 4.69) is 17.6 Å². The first kappa shape index (κ1) is 27.3. The molecule has 3 N–H and O–H groups in total. The smallest absolute Gasteiger partial charge is 0.319 e. The number of aromatic hydroxyl groups is 1. The Morgan fingerprint density at radius 3 is 1.52 bits per heavy atom. The van der Waals surface area contributed by atoms with E-state index in [1.54, 1.807) is 12.1 Å². The summed E-state index contributed by atoms with van der Waals surface area (Å²) in [4.78, 5) is 12.0. The summed E-state index contributed by atoms with van der Waals surface area (Å²) in [5.74, 6) is 0.291. The van der Waals surface area contributed by atoms with Gasteiger partial charge in [-0.15, -0.1) is 0 Å². The number of anilines is 1. The fourth-order valence-electron chi connectivity index (χ4n) is 4.08. The predicted molar refractivity (Wildman–Crippen MR) is 134 cm³/mol. The fraction of sp³-hybridized carbons (Fsp3) is 0.741. The van der Waals surface area contributed by atoms with Crippen molar-refractivity contribution in [3.8, 4) is 5.75 Å². The van der Waals surface area contributed by atoms with Gasteiger partial charge in [0, 0.05) is 12.2 Å². The first-order chi connectivity index (χ1) is 15.0. The van der Waals surface area contributed by atoms with Crippen LogP contribution in [0.1, 0.15) is 121 Å². The van der Waals surface area contributed by atoms with Gasteiger partial charge in [0.2, 0.25) is 0 Å². The largest absolute Gasteiger partial charge is 0.507 e. The molecule has 0 heterocycles. The van der Waals surface area contributed by atoms with Crippen molar-refractivity contribution < 1.29 is 9.90 Å². The molecular weight excluding hydrogens is 384 g/mol. The van der Waals surface area contributed by atoms with Gasteiger partial charge >= 0.3 is 6.03 Å². The molecular formula is C27H48N2O2. The van der Waals surface area contributed by atoms with Crippen LogP contribution in [0.5, 0.6) is 5.75 Å². The topological polar surface area (TPSA) is 61.4 Å². The summed E-state index contributed by atoms with van der Waals surface area (Å²) < 4.78 is 0. The Labute approximate surface area is 191 Å². The Morgan fingerprint density at radius 2 is 1.10 bits per heavy atom. The van der Waals surface area contributed by atoms with E-state index in [0.717, 1.165) is 23.2 Å². The summed E-state index contributed by atoms with van der Waals surface area (Å²) >= 11 is 0. The van der Waals surface area contributed by atoms with Gasteiger partial charge in [-0.25, -0.2) is 4.79 Å². The van der Waals surface area contributed by atoms with Gasteiger partial charge in [0.05, 0.1) is 0 Å². The molecule has 0 spiro atoms. The van der Waals surface area contributed by atoms with Crippen molar-refractivity contribution in [2.75, 3.05) is 11.9 Å². The molecule has 4 heteroatoms. The van der Waals surface area contributed by atoms with Crippen LogP contribution in [0.3, 0.4) is 0 Å². The van der Waals surface area contributed by atoms with Crippen LogP contribution in [0, 0.1) is 13.8 Å². The number of unbranched alkanes of at least 4 members (excludes halogenated alkanes) is 15. The van der Waals surface area contributed by atoms with Crippen molar-refractivity contribution in [3.05, 3.63) is 23.3 Å². The van der Waals surface area contributed by atoms with E-state index in [1.807, 2.05) is 13.8 Å². The molecule has 0 saturated carbocycles. The number of rotatable bonds is 18. The van der Waals surface area contributed by atoms with Crippen LogP contribution >= 0.6 is 0 Å². The summed E-state index contributed by atoms with van der Waals surface area (Å²) in [6, 6.07) is 3.40. The Kier molecular flexibility index (Phi) is 15.8. The third-order valence-corrected chi connectivity index (χ3v) is 6.06. The van der Waals surface area contributed by atoms with Gasteiger partial charge in [0.25, 0.3) is 0 Å². The van der Waals surface area contributed by atoms with Crippen LogP contribution in [0.2, 0.25) is 0 Å². The number of benzene rings is 1. The maximum Gasteiger partial charge on any atom is 0.319 e. The molecule has 0 fully saturated rings. The van der Waals surface area contributed by atoms with Gasteiger partial charge < -0.3 is 15.7 Å².